The molecule has 0 amide bonds. The molecular formula is C10H17O. The van der Waals surface area contributed by atoms with Crippen molar-refractivity contribution in [3.8, 4) is 0 Å². The minimum atomic E-state index is 0.650. The summed E-state index contributed by atoms with van der Waals surface area (Å²) < 4.78 is 0. The van der Waals surface area contributed by atoms with Gasteiger partial charge in [-0.1, -0.05) is 26.2 Å². The fourth-order valence-corrected chi connectivity index (χ4v) is 1.89. The quantitative estimate of drug-likeness (QED) is 0.557. The molecule has 1 saturated carbocycles. The molecule has 0 aliphatic heterocycles. The van der Waals surface area contributed by atoms with Gasteiger partial charge in [0.25, 0.3) is 0 Å². The van der Waals surface area contributed by atoms with E-state index in [1.54, 1.807) is 0 Å². The molecule has 0 aromatic heterocycles. The molecule has 1 aliphatic rings. The van der Waals surface area contributed by atoms with E-state index in [-0.39, 0.29) is 0 Å². The molecule has 0 spiro atoms. The monoisotopic (exact) mass is 153 g/mol. The molecule has 2 atom stereocenters. The highest BCUT2D eigenvalue weighted by Crippen LogP contribution is 2.27. The Morgan fingerprint density at radius 3 is 2.82 bits per heavy atom. The summed E-state index contributed by atoms with van der Waals surface area (Å²) in [5.41, 5.74) is 0. The van der Waals surface area contributed by atoms with Gasteiger partial charge in [0.1, 0.15) is 0 Å². The zero-order valence-electron chi connectivity index (χ0n) is 7.31. The average molecular weight is 153 g/mol. The SMILES string of the molecule is CC1CCCC(C[C]=O)CC1. The van der Waals surface area contributed by atoms with Crippen LogP contribution in [-0.2, 0) is 4.79 Å². The van der Waals surface area contributed by atoms with Gasteiger partial charge in [-0.25, -0.2) is 0 Å². The van der Waals surface area contributed by atoms with E-state index in [9.17, 15) is 4.79 Å². The zero-order valence-corrected chi connectivity index (χ0v) is 7.31. The van der Waals surface area contributed by atoms with Crippen LogP contribution in [0.5, 0.6) is 0 Å². The highest BCUT2D eigenvalue weighted by atomic mass is 16.1. The third kappa shape index (κ3) is 3.04. The van der Waals surface area contributed by atoms with Crippen molar-refractivity contribution in [3.05, 3.63) is 0 Å². The van der Waals surface area contributed by atoms with Crippen molar-refractivity contribution in [1.29, 1.82) is 0 Å². The van der Waals surface area contributed by atoms with E-state index in [1.807, 2.05) is 6.29 Å². The van der Waals surface area contributed by atoms with Crippen LogP contribution in [0.15, 0.2) is 0 Å². The molecule has 0 bridgehead atoms. The fraction of sp³-hybridized carbons (Fsp3) is 0.900. The van der Waals surface area contributed by atoms with Crippen LogP contribution in [0.2, 0.25) is 0 Å². The Bertz CT molecular complexity index is 120. The fourth-order valence-electron chi connectivity index (χ4n) is 1.89. The van der Waals surface area contributed by atoms with Crippen LogP contribution in [0.3, 0.4) is 0 Å². The summed E-state index contributed by atoms with van der Waals surface area (Å²) in [5.74, 6) is 1.53. The molecule has 63 valence electrons. The van der Waals surface area contributed by atoms with Crippen molar-refractivity contribution >= 4 is 6.29 Å². The van der Waals surface area contributed by atoms with Crippen LogP contribution in [0.25, 0.3) is 0 Å². The van der Waals surface area contributed by atoms with Gasteiger partial charge in [-0.2, -0.15) is 0 Å². The van der Waals surface area contributed by atoms with E-state index >= 15 is 0 Å². The molecule has 1 aliphatic carbocycles. The van der Waals surface area contributed by atoms with E-state index in [4.69, 9.17) is 0 Å². The zero-order chi connectivity index (χ0) is 8.10. The lowest BCUT2D eigenvalue weighted by molar-refractivity contribution is 0.444. The molecule has 1 nitrogen and oxygen atoms in total. The molecular weight excluding hydrogens is 136 g/mol. The van der Waals surface area contributed by atoms with Gasteiger partial charge in [0.15, 0.2) is 6.29 Å². The number of carbonyl (C=O) groups excluding carboxylic acids is 1. The second-order valence-corrected chi connectivity index (χ2v) is 3.83. The summed E-state index contributed by atoms with van der Waals surface area (Å²) in [6.45, 7) is 2.31. The normalized spacial score (nSPS) is 32.8. The van der Waals surface area contributed by atoms with Crippen molar-refractivity contribution in [2.45, 2.75) is 45.4 Å². The maximum absolute atomic E-state index is 10.1. The van der Waals surface area contributed by atoms with Gasteiger partial charge in [-0.05, 0) is 24.7 Å². The Morgan fingerprint density at radius 2 is 2.09 bits per heavy atom. The molecule has 0 aromatic carbocycles. The van der Waals surface area contributed by atoms with Crippen LogP contribution >= 0.6 is 0 Å². The van der Waals surface area contributed by atoms with Crippen molar-refractivity contribution < 1.29 is 4.79 Å². The van der Waals surface area contributed by atoms with Crippen molar-refractivity contribution in [2.75, 3.05) is 0 Å². The predicted octanol–water partition coefficient (Wildman–Crippen LogP) is 2.70. The maximum atomic E-state index is 10.1. The Morgan fingerprint density at radius 1 is 1.27 bits per heavy atom. The van der Waals surface area contributed by atoms with Gasteiger partial charge in [0, 0.05) is 6.42 Å². The number of hydrogen-bond acceptors (Lipinski definition) is 1. The van der Waals surface area contributed by atoms with Crippen LogP contribution in [0.1, 0.15) is 45.4 Å². The topological polar surface area (TPSA) is 17.1 Å². The molecule has 1 fully saturated rings. The largest absolute Gasteiger partial charge is 0.291 e. The van der Waals surface area contributed by atoms with Gasteiger partial charge in [-0.15, -0.1) is 0 Å². The summed E-state index contributed by atoms with van der Waals surface area (Å²) in [5, 5.41) is 0. The second kappa shape index (κ2) is 4.53. The molecule has 1 rings (SSSR count). The highest BCUT2D eigenvalue weighted by molar-refractivity contribution is 5.50. The first-order valence-corrected chi connectivity index (χ1v) is 4.68. The lowest BCUT2D eigenvalue weighted by atomic mass is 9.97. The van der Waals surface area contributed by atoms with E-state index < -0.39 is 0 Å². The average Bonchev–Trinajstić information content (AvgIpc) is 2.17. The molecule has 1 heteroatoms. The Balaban J connectivity index is 2.27. The van der Waals surface area contributed by atoms with Crippen LogP contribution in [0.4, 0.5) is 0 Å². The van der Waals surface area contributed by atoms with Crippen molar-refractivity contribution in [2.24, 2.45) is 11.8 Å². The molecule has 0 N–H and O–H groups in total. The van der Waals surface area contributed by atoms with Gasteiger partial charge in [0.05, 0.1) is 0 Å². The third-order valence-corrected chi connectivity index (χ3v) is 2.75. The molecule has 2 unspecified atom stereocenters. The molecule has 0 heterocycles. The molecule has 1 radical (unpaired) electrons. The minimum Gasteiger partial charge on any atom is -0.291 e. The number of rotatable bonds is 2. The predicted molar refractivity (Wildman–Crippen MR) is 46.0 cm³/mol. The Labute approximate surface area is 69.2 Å². The first-order chi connectivity index (χ1) is 5.33. The van der Waals surface area contributed by atoms with Crippen LogP contribution in [-0.4, -0.2) is 6.29 Å². The van der Waals surface area contributed by atoms with Crippen molar-refractivity contribution in [1.82, 2.24) is 0 Å². The van der Waals surface area contributed by atoms with Gasteiger partial charge < -0.3 is 0 Å². The van der Waals surface area contributed by atoms with Gasteiger partial charge in [-0.3, -0.25) is 4.79 Å². The molecule has 0 saturated heterocycles. The van der Waals surface area contributed by atoms with E-state index in [0.29, 0.717) is 12.3 Å². The smallest absolute Gasteiger partial charge is 0.198 e. The summed E-state index contributed by atoms with van der Waals surface area (Å²) in [6, 6.07) is 0. The summed E-state index contributed by atoms with van der Waals surface area (Å²) in [6.07, 6.45) is 9.18. The lowest BCUT2D eigenvalue weighted by Crippen LogP contribution is -1.99. The summed E-state index contributed by atoms with van der Waals surface area (Å²) in [7, 11) is 0. The standard InChI is InChI=1S/C10H17O/c1-9-3-2-4-10(6-5-9)7-8-11/h9-10H,2-7H2,1H3. The first kappa shape index (κ1) is 8.76. The lowest BCUT2D eigenvalue weighted by Gasteiger charge is -2.08. The summed E-state index contributed by atoms with van der Waals surface area (Å²) >= 11 is 0. The second-order valence-electron chi connectivity index (χ2n) is 3.83. The Hall–Kier alpha value is -0.330. The van der Waals surface area contributed by atoms with E-state index in [1.165, 1.54) is 32.1 Å². The van der Waals surface area contributed by atoms with Crippen LogP contribution in [0, 0.1) is 11.8 Å². The maximum Gasteiger partial charge on any atom is 0.198 e. The minimum absolute atomic E-state index is 0.650. The number of hydrogen-bond donors (Lipinski definition) is 0. The first-order valence-electron chi connectivity index (χ1n) is 4.68. The highest BCUT2D eigenvalue weighted by Gasteiger charge is 2.15. The van der Waals surface area contributed by atoms with Gasteiger partial charge in [0.2, 0.25) is 0 Å². The Kier molecular flexibility index (Phi) is 3.61. The van der Waals surface area contributed by atoms with E-state index in [2.05, 4.69) is 6.92 Å². The molecule has 11 heavy (non-hydrogen) atoms. The molecule has 0 aromatic rings. The van der Waals surface area contributed by atoms with E-state index in [0.717, 1.165) is 5.92 Å². The van der Waals surface area contributed by atoms with Crippen molar-refractivity contribution in [3.63, 3.8) is 0 Å². The third-order valence-electron chi connectivity index (χ3n) is 2.75. The van der Waals surface area contributed by atoms with Crippen LogP contribution < -0.4 is 0 Å². The summed E-state index contributed by atoms with van der Waals surface area (Å²) in [4.78, 5) is 10.1. The van der Waals surface area contributed by atoms with Gasteiger partial charge >= 0.3 is 0 Å².